The molecule has 0 spiro atoms. The number of oxime groups is 1. The van der Waals surface area contributed by atoms with Gasteiger partial charge in [0.2, 0.25) is 0 Å². The van der Waals surface area contributed by atoms with Gasteiger partial charge >= 0.3 is 0 Å². The summed E-state index contributed by atoms with van der Waals surface area (Å²) in [5.74, 6) is 0.736. The van der Waals surface area contributed by atoms with Crippen LogP contribution < -0.4 is 4.74 Å². The summed E-state index contributed by atoms with van der Waals surface area (Å²) in [6.07, 6.45) is 4.36. The first kappa shape index (κ1) is 14.1. The highest BCUT2D eigenvalue weighted by Gasteiger charge is 2.08. The van der Waals surface area contributed by atoms with Gasteiger partial charge < -0.3 is 9.94 Å². The molecule has 0 amide bonds. The summed E-state index contributed by atoms with van der Waals surface area (Å²) in [6, 6.07) is 9.79. The molecule has 1 heterocycles. The van der Waals surface area contributed by atoms with Crippen LogP contribution in [0.1, 0.15) is 23.6 Å². The number of rotatable bonds is 5. The highest BCUT2D eigenvalue weighted by Crippen LogP contribution is 2.21. The molecule has 0 atom stereocenters. The molecule has 104 valence electrons. The van der Waals surface area contributed by atoms with Crippen LogP contribution in [0.2, 0.25) is 0 Å². The summed E-state index contributed by atoms with van der Waals surface area (Å²) in [6.45, 7) is 4.32. The molecule has 20 heavy (non-hydrogen) atoms. The SMILES string of the molecule is C/C(=N\O)c1cc(C)ccc1OCCc1ccncc1. The van der Waals surface area contributed by atoms with E-state index in [0.717, 1.165) is 23.3 Å². The molecule has 0 unspecified atom stereocenters. The highest BCUT2D eigenvalue weighted by molar-refractivity contribution is 6.00. The molecule has 4 heteroatoms. The normalized spacial score (nSPS) is 11.4. The number of aryl methyl sites for hydroxylation is 1. The lowest BCUT2D eigenvalue weighted by atomic mass is 10.1. The molecule has 1 aromatic carbocycles. The van der Waals surface area contributed by atoms with E-state index >= 15 is 0 Å². The molecule has 0 saturated heterocycles. The van der Waals surface area contributed by atoms with E-state index < -0.39 is 0 Å². The molecule has 0 bridgehead atoms. The zero-order chi connectivity index (χ0) is 14.4. The lowest BCUT2D eigenvalue weighted by Crippen LogP contribution is -2.06. The average Bonchev–Trinajstić information content (AvgIpc) is 2.49. The lowest BCUT2D eigenvalue weighted by molar-refractivity contribution is 0.314. The molecule has 1 N–H and O–H groups in total. The molecule has 2 rings (SSSR count). The van der Waals surface area contributed by atoms with Crippen LogP contribution in [0.3, 0.4) is 0 Å². The first-order valence-electron chi connectivity index (χ1n) is 6.52. The fraction of sp³-hybridized carbons (Fsp3) is 0.250. The van der Waals surface area contributed by atoms with Gasteiger partial charge in [-0.25, -0.2) is 0 Å². The largest absolute Gasteiger partial charge is 0.493 e. The number of ether oxygens (including phenoxy) is 1. The van der Waals surface area contributed by atoms with E-state index in [2.05, 4.69) is 10.1 Å². The first-order valence-corrected chi connectivity index (χ1v) is 6.52. The predicted molar refractivity (Wildman–Crippen MR) is 78.6 cm³/mol. The van der Waals surface area contributed by atoms with E-state index in [4.69, 9.17) is 9.94 Å². The fourth-order valence-electron chi connectivity index (χ4n) is 1.93. The Kier molecular flexibility index (Phi) is 4.71. The lowest BCUT2D eigenvalue weighted by Gasteiger charge is -2.11. The second kappa shape index (κ2) is 6.70. The Morgan fingerprint density at radius 3 is 2.70 bits per heavy atom. The number of hydrogen-bond donors (Lipinski definition) is 1. The molecule has 0 fully saturated rings. The molecule has 0 radical (unpaired) electrons. The summed E-state index contributed by atoms with van der Waals surface area (Å²) < 4.78 is 5.81. The fourth-order valence-corrected chi connectivity index (χ4v) is 1.93. The number of benzene rings is 1. The monoisotopic (exact) mass is 270 g/mol. The van der Waals surface area contributed by atoms with Crippen LogP contribution in [0.4, 0.5) is 0 Å². The van der Waals surface area contributed by atoms with Gasteiger partial charge in [-0.05, 0) is 43.7 Å². The topological polar surface area (TPSA) is 54.7 Å². The summed E-state index contributed by atoms with van der Waals surface area (Å²) in [7, 11) is 0. The maximum absolute atomic E-state index is 8.93. The Morgan fingerprint density at radius 1 is 1.25 bits per heavy atom. The van der Waals surface area contributed by atoms with Gasteiger partial charge in [0.05, 0.1) is 12.3 Å². The maximum atomic E-state index is 8.93. The number of hydrogen-bond acceptors (Lipinski definition) is 4. The molecule has 4 nitrogen and oxygen atoms in total. The van der Waals surface area contributed by atoms with Crippen molar-refractivity contribution in [1.82, 2.24) is 4.98 Å². The standard InChI is InChI=1S/C16H18N2O2/c1-12-3-4-16(15(11-12)13(2)18-19)20-10-7-14-5-8-17-9-6-14/h3-6,8-9,11,19H,7,10H2,1-2H3/b18-13+. The third-order valence-electron chi connectivity index (χ3n) is 3.07. The van der Waals surface area contributed by atoms with Crippen molar-refractivity contribution in [1.29, 1.82) is 0 Å². The van der Waals surface area contributed by atoms with E-state index in [-0.39, 0.29) is 0 Å². The minimum atomic E-state index is 0.549. The third-order valence-corrected chi connectivity index (χ3v) is 3.07. The molecule has 0 aliphatic rings. The van der Waals surface area contributed by atoms with Crippen LogP contribution >= 0.6 is 0 Å². The number of pyridine rings is 1. The zero-order valence-electron chi connectivity index (χ0n) is 11.7. The van der Waals surface area contributed by atoms with Gasteiger partial charge in [-0.2, -0.15) is 0 Å². The summed E-state index contributed by atoms with van der Waals surface area (Å²) >= 11 is 0. The Hall–Kier alpha value is -2.36. The summed E-state index contributed by atoms with van der Waals surface area (Å²) in [4.78, 5) is 3.99. The van der Waals surface area contributed by atoms with Crippen molar-refractivity contribution in [2.45, 2.75) is 20.3 Å². The smallest absolute Gasteiger partial charge is 0.128 e. The quantitative estimate of drug-likeness (QED) is 0.515. The van der Waals surface area contributed by atoms with Crippen molar-refractivity contribution in [3.05, 3.63) is 59.4 Å². The zero-order valence-corrected chi connectivity index (χ0v) is 11.7. The molecule has 0 aliphatic carbocycles. The van der Waals surface area contributed by atoms with Gasteiger partial charge in [-0.1, -0.05) is 16.8 Å². The summed E-state index contributed by atoms with van der Waals surface area (Å²) in [5.41, 5.74) is 3.65. The van der Waals surface area contributed by atoms with Crippen LogP contribution in [0.15, 0.2) is 47.9 Å². The predicted octanol–water partition coefficient (Wildman–Crippen LogP) is 3.21. The van der Waals surface area contributed by atoms with Crippen molar-refractivity contribution in [3.8, 4) is 5.75 Å². The van der Waals surface area contributed by atoms with Gasteiger partial charge in [0.1, 0.15) is 5.75 Å². The number of nitrogens with zero attached hydrogens (tertiary/aromatic N) is 2. The average molecular weight is 270 g/mol. The van der Waals surface area contributed by atoms with Crippen LogP contribution in [0.5, 0.6) is 5.75 Å². The van der Waals surface area contributed by atoms with Crippen molar-refractivity contribution in [2.24, 2.45) is 5.16 Å². The molecular weight excluding hydrogens is 252 g/mol. The molecule has 2 aromatic rings. The van der Waals surface area contributed by atoms with Crippen molar-refractivity contribution >= 4 is 5.71 Å². The first-order chi connectivity index (χ1) is 9.70. The molecule has 0 aliphatic heterocycles. The van der Waals surface area contributed by atoms with Crippen LogP contribution in [0, 0.1) is 6.92 Å². The minimum Gasteiger partial charge on any atom is -0.493 e. The maximum Gasteiger partial charge on any atom is 0.128 e. The number of aromatic nitrogens is 1. The van der Waals surface area contributed by atoms with Crippen molar-refractivity contribution in [2.75, 3.05) is 6.61 Å². The van der Waals surface area contributed by atoms with Gasteiger partial charge in [-0.15, -0.1) is 0 Å². The van der Waals surface area contributed by atoms with Crippen LogP contribution in [-0.2, 0) is 6.42 Å². The van der Waals surface area contributed by atoms with E-state index in [1.54, 1.807) is 19.3 Å². The van der Waals surface area contributed by atoms with Gasteiger partial charge in [0, 0.05) is 24.4 Å². The third kappa shape index (κ3) is 3.57. The van der Waals surface area contributed by atoms with E-state index in [0.29, 0.717) is 12.3 Å². The summed E-state index contributed by atoms with van der Waals surface area (Å²) in [5, 5.41) is 12.2. The van der Waals surface area contributed by atoms with Gasteiger partial charge in [0.15, 0.2) is 0 Å². The Balaban J connectivity index is 2.06. The second-order valence-electron chi connectivity index (χ2n) is 4.64. The van der Waals surface area contributed by atoms with E-state index in [1.165, 1.54) is 5.56 Å². The van der Waals surface area contributed by atoms with Crippen LogP contribution in [0.25, 0.3) is 0 Å². The van der Waals surface area contributed by atoms with Gasteiger partial charge in [-0.3, -0.25) is 4.98 Å². The van der Waals surface area contributed by atoms with Crippen molar-refractivity contribution < 1.29 is 9.94 Å². The van der Waals surface area contributed by atoms with E-state index in [9.17, 15) is 0 Å². The molecule has 0 saturated carbocycles. The van der Waals surface area contributed by atoms with Gasteiger partial charge in [0.25, 0.3) is 0 Å². The van der Waals surface area contributed by atoms with Crippen molar-refractivity contribution in [3.63, 3.8) is 0 Å². The minimum absolute atomic E-state index is 0.549. The highest BCUT2D eigenvalue weighted by atomic mass is 16.5. The molecule has 1 aromatic heterocycles. The van der Waals surface area contributed by atoms with Crippen LogP contribution in [-0.4, -0.2) is 22.5 Å². The Labute approximate surface area is 118 Å². The Bertz CT molecular complexity index is 595. The molecular formula is C16H18N2O2. The second-order valence-corrected chi connectivity index (χ2v) is 4.64. The Morgan fingerprint density at radius 2 is 2.00 bits per heavy atom. The van der Waals surface area contributed by atoms with E-state index in [1.807, 2.05) is 37.3 Å².